The fourth-order valence-electron chi connectivity index (χ4n) is 3.63. The van der Waals surface area contributed by atoms with Crippen LogP contribution in [0.1, 0.15) is 33.3 Å². The number of rotatable bonds is 9. The Balaban J connectivity index is 1.67. The molecule has 0 aliphatic rings. The zero-order valence-corrected chi connectivity index (χ0v) is 21.4. The van der Waals surface area contributed by atoms with Gasteiger partial charge in [0.25, 0.3) is 0 Å². The molecule has 0 saturated carbocycles. The predicted molar refractivity (Wildman–Crippen MR) is 142 cm³/mol. The molecule has 4 rings (SSSR count). The van der Waals surface area contributed by atoms with Crippen LogP contribution in [0.2, 0.25) is 0 Å². The van der Waals surface area contributed by atoms with E-state index in [2.05, 4.69) is 46.6 Å². The Labute approximate surface area is 211 Å². The van der Waals surface area contributed by atoms with Gasteiger partial charge in [-0.05, 0) is 41.7 Å². The lowest BCUT2D eigenvalue weighted by atomic mass is 9.97. The molecular weight excluding hydrogens is 454 g/mol. The van der Waals surface area contributed by atoms with Crippen LogP contribution in [0.4, 0.5) is 17.5 Å². The number of ether oxygens (including phenoxy) is 1. The maximum atomic E-state index is 9.39. The second kappa shape index (κ2) is 10.7. The lowest BCUT2D eigenvalue weighted by Crippen LogP contribution is -2.20. The minimum atomic E-state index is 0.00633. The first-order valence-electron chi connectivity index (χ1n) is 12.0. The molecule has 0 aliphatic carbocycles. The van der Waals surface area contributed by atoms with Crippen LogP contribution in [0.3, 0.4) is 0 Å². The van der Waals surface area contributed by atoms with Crippen LogP contribution in [0.5, 0.6) is 5.75 Å². The topological polar surface area (TPSA) is 110 Å². The summed E-state index contributed by atoms with van der Waals surface area (Å²) in [7, 11) is 1.90. The summed E-state index contributed by atoms with van der Waals surface area (Å²) in [4.78, 5) is 9.41. The third-order valence-electron chi connectivity index (χ3n) is 5.52. The van der Waals surface area contributed by atoms with Crippen LogP contribution in [0.25, 0.3) is 22.5 Å². The van der Waals surface area contributed by atoms with Crippen LogP contribution < -0.4 is 15.4 Å². The van der Waals surface area contributed by atoms with E-state index in [4.69, 9.17) is 9.72 Å². The molecular formula is C27H33N7O2. The zero-order valence-electron chi connectivity index (χ0n) is 21.4. The number of nitrogens with one attached hydrogen (secondary N) is 2. The number of hydrogen-bond acceptors (Lipinski definition) is 8. The summed E-state index contributed by atoms with van der Waals surface area (Å²) in [6, 6.07) is 13.6. The minimum absolute atomic E-state index is 0.00633. The van der Waals surface area contributed by atoms with E-state index in [0.29, 0.717) is 18.3 Å². The van der Waals surface area contributed by atoms with Gasteiger partial charge in [0.05, 0.1) is 18.9 Å². The van der Waals surface area contributed by atoms with E-state index in [1.54, 1.807) is 6.33 Å². The molecule has 0 radical (unpaired) electrons. The zero-order chi connectivity index (χ0) is 25.7. The molecule has 2 heterocycles. The Kier molecular flexibility index (Phi) is 7.49. The predicted octanol–water partition coefficient (Wildman–Crippen LogP) is 5.03. The highest BCUT2D eigenvalue weighted by molar-refractivity contribution is 5.77. The second-order valence-corrected chi connectivity index (χ2v) is 9.76. The van der Waals surface area contributed by atoms with Gasteiger partial charge in [-0.15, -0.1) is 10.2 Å². The molecule has 0 fully saturated rings. The molecule has 0 bridgehead atoms. The lowest BCUT2D eigenvalue weighted by Gasteiger charge is -2.21. The molecule has 4 aromatic rings. The van der Waals surface area contributed by atoms with Crippen molar-refractivity contribution >= 4 is 17.5 Å². The molecule has 3 N–H and O–H groups in total. The SMILES string of the molecule is CCOc1cc(-c2nncn2C)ccc1Nc1ncc(-c2ccc(CO)cc2)c(NCC(C)(C)C)n1. The Hall–Kier alpha value is -3.98. The lowest BCUT2D eigenvalue weighted by molar-refractivity contribution is 0.282. The quantitative estimate of drug-likeness (QED) is 0.301. The number of nitrogens with zero attached hydrogens (tertiary/aromatic N) is 5. The summed E-state index contributed by atoms with van der Waals surface area (Å²) < 4.78 is 7.77. The van der Waals surface area contributed by atoms with Gasteiger partial charge < -0.3 is 25.0 Å². The van der Waals surface area contributed by atoms with E-state index < -0.39 is 0 Å². The van der Waals surface area contributed by atoms with E-state index in [-0.39, 0.29) is 12.0 Å². The van der Waals surface area contributed by atoms with Gasteiger partial charge in [0.2, 0.25) is 5.95 Å². The van der Waals surface area contributed by atoms with Gasteiger partial charge in [-0.2, -0.15) is 4.98 Å². The summed E-state index contributed by atoms with van der Waals surface area (Å²) in [6.07, 6.45) is 3.48. The molecule has 0 amide bonds. The van der Waals surface area contributed by atoms with Crippen LogP contribution in [0, 0.1) is 5.41 Å². The molecule has 0 atom stereocenters. The van der Waals surface area contributed by atoms with E-state index in [9.17, 15) is 5.11 Å². The van der Waals surface area contributed by atoms with Crippen LogP contribution in [0.15, 0.2) is 55.0 Å². The molecule has 0 unspecified atom stereocenters. The van der Waals surface area contributed by atoms with Crippen molar-refractivity contribution in [1.82, 2.24) is 24.7 Å². The van der Waals surface area contributed by atoms with Gasteiger partial charge >= 0.3 is 0 Å². The third-order valence-corrected chi connectivity index (χ3v) is 5.52. The van der Waals surface area contributed by atoms with Gasteiger partial charge in [0.15, 0.2) is 5.82 Å². The van der Waals surface area contributed by atoms with Crippen molar-refractivity contribution in [2.45, 2.75) is 34.3 Å². The molecule has 0 saturated heterocycles. The number of aliphatic hydroxyl groups is 1. The van der Waals surface area contributed by atoms with Crippen LogP contribution in [-0.4, -0.2) is 43.0 Å². The van der Waals surface area contributed by atoms with Gasteiger partial charge in [0, 0.05) is 30.9 Å². The van der Waals surface area contributed by atoms with E-state index in [1.807, 2.05) is 67.2 Å². The standard InChI is InChI=1S/C27H33N7O2/c1-6-36-23-13-20(25-33-30-17-34(25)5)11-12-22(23)31-26-28-14-21(19-9-7-18(15-35)8-10-19)24(32-26)29-16-27(2,3)4/h7-14,17,35H,6,15-16H2,1-5H3,(H2,28,29,31,32). The largest absolute Gasteiger partial charge is 0.492 e. The van der Waals surface area contributed by atoms with Crippen molar-refractivity contribution in [3.05, 3.63) is 60.6 Å². The van der Waals surface area contributed by atoms with Crippen LogP contribution in [-0.2, 0) is 13.7 Å². The third kappa shape index (κ3) is 5.98. The van der Waals surface area contributed by atoms with Crippen molar-refractivity contribution in [2.75, 3.05) is 23.8 Å². The van der Waals surface area contributed by atoms with Gasteiger partial charge in [0.1, 0.15) is 17.9 Å². The number of aromatic nitrogens is 5. The Bertz CT molecular complexity index is 1310. The molecule has 2 aromatic carbocycles. The molecule has 2 aromatic heterocycles. The average molecular weight is 488 g/mol. The summed E-state index contributed by atoms with van der Waals surface area (Å²) in [5.74, 6) is 2.61. The number of aliphatic hydroxyl groups excluding tert-OH is 1. The molecule has 0 aliphatic heterocycles. The number of aryl methyl sites for hydroxylation is 1. The average Bonchev–Trinajstić information content (AvgIpc) is 3.29. The maximum absolute atomic E-state index is 9.39. The van der Waals surface area contributed by atoms with Crippen LogP contribution >= 0.6 is 0 Å². The smallest absolute Gasteiger partial charge is 0.229 e. The molecule has 9 nitrogen and oxygen atoms in total. The van der Waals surface area contributed by atoms with Crippen molar-refractivity contribution in [2.24, 2.45) is 12.5 Å². The van der Waals surface area contributed by atoms with Crippen molar-refractivity contribution in [3.8, 4) is 28.3 Å². The Morgan fingerprint density at radius 1 is 1.06 bits per heavy atom. The number of benzene rings is 2. The fourth-order valence-corrected chi connectivity index (χ4v) is 3.63. The van der Waals surface area contributed by atoms with Gasteiger partial charge in [-0.25, -0.2) is 4.98 Å². The summed E-state index contributed by atoms with van der Waals surface area (Å²) >= 11 is 0. The molecule has 188 valence electrons. The normalized spacial score (nSPS) is 11.4. The fraction of sp³-hybridized carbons (Fsp3) is 0.333. The molecule has 36 heavy (non-hydrogen) atoms. The summed E-state index contributed by atoms with van der Waals surface area (Å²) in [6.45, 7) is 9.71. The summed E-state index contributed by atoms with van der Waals surface area (Å²) in [5.41, 5.74) is 4.43. The highest BCUT2D eigenvalue weighted by atomic mass is 16.5. The highest BCUT2D eigenvalue weighted by Crippen LogP contribution is 2.33. The Morgan fingerprint density at radius 3 is 2.44 bits per heavy atom. The van der Waals surface area contributed by atoms with Crippen molar-refractivity contribution in [3.63, 3.8) is 0 Å². The van der Waals surface area contributed by atoms with E-state index >= 15 is 0 Å². The molecule has 9 heteroatoms. The maximum Gasteiger partial charge on any atom is 0.229 e. The first kappa shape index (κ1) is 25.1. The molecule has 0 spiro atoms. The second-order valence-electron chi connectivity index (χ2n) is 9.76. The van der Waals surface area contributed by atoms with E-state index in [0.717, 1.165) is 46.1 Å². The number of anilines is 3. The van der Waals surface area contributed by atoms with E-state index in [1.165, 1.54) is 0 Å². The van der Waals surface area contributed by atoms with Crippen molar-refractivity contribution in [1.29, 1.82) is 0 Å². The highest BCUT2D eigenvalue weighted by Gasteiger charge is 2.16. The first-order chi connectivity index (χ1) is 17.3. The number of hydrogen-bond donors (Lipinski definition) is 3. The van der Waals surface area contributed by atoms with Gasteiger partial charge in [-0.1, -0.05) is 45.0 Å². The van der Waals surface area contributed by atoms with Gasteiger partial charge in [-0.3, -0.25) is 0 Å². The van der Waals surface area contributed by atoms with Crippen molar-refractivity contribution < 1.29 is 9.84 Å². The monoisotopic (exact) mass is 487 g/mol. The summed E-state index contributed by atoms with van der Waals surface area (Å²) in [5, 5.41) is 24.4. The Morgan fingerprint density at radius 2 is 1.81 bits per heavy atom. The minimum Gasteiger partial charge on any atom is -0.492 e. The first-order valence-corrected chi connectivity index (χ1v) is 12.0.